The number of amides is 2. The summed E-state index contributed by atoms with van der Waals surface area (Å²) in [6, 6.07) is 0.366. The number of carbonyl (C=O) groups is 2. The van der Waals surface area contributed by atoms with Crippen molar-refractivity contribution in [1.29, 1.82) is 0 Å². The molecule has 136 valence electrons. The van der Waals surface area contributed by atoms with Gasteiger partial charge in [0.25, 0.3) is 0 Å². The maximum atomic E-state index is 12.9. The molecule has 2 heterocycles. The molecule has 2 aliphatic heterocycles. The van der Waals surface area contributed by atoms with Crippen molar-refractivity contribution in [3.05, 3.63) is 0 Å². The lowest BCUT2D eigenvalue weighted by Crippen LogP contribution is -2.42. The molecule has 2 amide bonds. The molecule has 2 atom stereocenters. The molecule has 3 fully saturated rings. The van der Waals surface area contributed by atoms with Crippen molar-refractivity contribution in [2.45, 2.75) is 58.4 Å². The highest BCUT2D eigenvalue weighted by molar-refractivity contribution is 5.89. The van der Waals surface area contributed by atoms with Gasteiger partial charge >= 0.3 is 0 Å². The number of nitrogens with zero attached hydrogens (tertiary/aromatic N) is 2. The quantitative estimate of drug-likeness (QED) is 0.774. The third kappa shape index (κ3) is 3.93. The zero-order chi connectivity index (χ0) is 17.1. The van der Waals surface area contributed by atoms with E-state index in [-0.39, 0.29) is 17.7 Å². The van der Waals surface area contributed by atoms with Crippen LogP contribution < -0.4 is 0 Å². The minimum absolute atomic E-state index is 0.140. The van der Waals surface area contributed by atoms with Crippen LogP contribution in [0.15, 0.2) is 0 Å². The van der Waals surface area contributed by atoms with Crippen LogP contribution in [0.3, 0.4) is 0 Å². The monoisotopic (exact) mass is 336 g/mol. The molecule has 1 saturated carbocycles. The third-order valence-corrected chi connectivity index (χ3v) is 6.13. The van der Waals surface area contributed by atoms with Crippen molar-refractivity contribution in [2.24, 2.45) is 17.8 Å². The largest absolute Gasteiger partial charge is 0.381 e. The van der Waals surface area contributed by atoms with Gasteiger partial charge in [-0.25, -0.2) is 0 Å². The summed E-state index contributed by atoms with van der Waals surface area (Å²) >= 11 is 0. The van der Waals surface area contributed by atoms with Crippen molar-refractivity contribution in [1.82, 2.24) is 9.80 Å². The first kappa shape index (κ1) is 17.7. The molecule has 0 N–H and O–H groups in total. The van der Waals surface area contributed by atoms with Crippen LogP contribution >= 0.6 is 0 Å². The molecule has 0 aromatic heterocycles. The molecule has 3 aliphatic rings. The van der Waals surface area contributed by atoms with Gasteiger partial charge in [-0.1, -0.05) is 6.92 Å². The van der Waals surface area contributed by atoms with Crippen LogP contribution in [0.5, 0.6) is 0 Å². The normalized spacial score (nSPS) is 33.9. The number of carbonyl (C=O) groups excluding carboxylic acids is 2. The summed E-state index contributed by atoms with van der Waals surface area (Å²) in [6.07, 6.45) is 6.06. The Kier molecular flexibility index (Phi) is 5.80. The van der Waals surface area contributed by atoms with Gasteiger partial charge in [0, 0.05) is 44.6 Å². The van der Waals surface area contributed by atoms with Crippen molar-refractivity contribution < 1.29 is 14.3 Å². The fourth-order valence-electron chi connectivity index (χ4n) is 4.48. The molecule has 1 aliphatic carbocycles. The zero-order valence-electron chi connectivity index (χ0n) is 15.2. The van der Waals surface area contributed by atoms with Gasteiger partial charge in [-0.05, 0) is 44.9 Å². The van der Waals surface area contributed by atoms with Crippen LogP contribution in [0.1, 0.15) is 52.4 Å². The van der Waals surface area contributed by atoms with Gasteiger partial charge < -0.3 is 14.5 Å². The SMILES string of the molecule is CCN(C[C@H]1CCOC1)C(=O)[C@H]1CC(=O)N(C2CCC(C)CC2)C1. The summed E-state index contributed by atoms with van der Waals surface area (Å²) < 4.78 is 5.43. The summed E-state index contributed by atoms with van der Waals surface area (Å²) in [5, 5.41) is 0. The standard InChI is InChI=1S/C19H32N2O3/c1-3-20(11-15-8-9-24-13-15)19(23)16-10-18(22)21(12-16)17-6-4-14(2)5-7-17/h14-17H,3-13H2,1-2H3/t14?,15-,16+,17?/m1/s1. The Morgan fingerprint density at radius 2 is 2.00 bits per heavy atom. The predicted molar refractivity (Wildman–Crippen MR) is 92.4 cm³/mol. The van der Waals surface area contributed by atoms with Crippen LogP contribution in [0.4, 0.5) is 0 Å². The van der Waals surface area contributed by atoms with E-state index in [1.54, 1.807) is 0 Å². The average Bonchev–Trinajstić information content (AvgIpc) is 3.22. The molecule has 3 rings (SSSR count). The molecule has 2 saturated heterocycles. The fraction of sp³-hybridized carbons (Fsp3) is 0.895. The second-order valence-corrected chi connectivity index (χ2v) is 7.97. The first-order valence-corrected chi connectivity index (χ1v) is 9.74. The van der Waals surface area contributed by atoms with Gasteiger partial charge in [-0.15, -0.1) is 0 Å². The molecule has 5 nitrogen and oxygen atoms in total. The van der Waals surface area contributed by atoms with E-state index < -0.39 is 0 Å². The van der Waals surface area contributed by atoms with Crippen LogP contribution in [0, 0.1) is 17.8 Å². The number of rotatable bonds is 5. The van der Waals surface area contributed by atoms with Gasteiger partial charge in [-0.3, -0.25) is 9.59 Å². The minimum atomic E-state index is -0.140. The topological polar surface area (TPSA) is 49.9 Å². The van der Waals surface area contributed by atoms with E-state index >= 15 is 0 Å². The fourth-order valence-corrected chi connectivity index (χ4v) is 4.48. The lowest BCUT2D eigenvalue weighted by molar-refractivity contribution is -0.136. The third-order valence-electron chi connectivity index (χ3n) is 6.13. The average molecular weight is 336 g/mol. The first-order chi connectivity index (χ1) is 11.6. The van der Waals surface area contributed by atoms with Crippen molar-refractivity contribution >= 4 is 11.8 Å². The van der Waals surface area contributed by atoms with Crippen molar-refractivity contribution in [2.75, 3.05) is 32.8 Å². The minimum Gasteiger partial charge on any atom is -0.381 e. The van der Waals surface area contributed by atoms with E-state index in [1.165, 1.54) is 12.8 Å². The Hall–Kier alpha value is -1.10. The van der Waals surface area contributed by atoms with Gasteiger partial charge in [0.05, 0.1) is 12.5 Å². The molecule has 0 unspecified atom stereocenters. The highest BCUT2D eigenvalue weighted by atomic mass is 16.5. The lowest BCUT2D eigenvalue weighted by atomic mass is 9.86. The lowest BCUT2D eigenvalue weighted by Gasteiger charge is -2.34. The first-order valence-electron chi connectivity index (χ1n) is 9.74. The van der Waals surface area contributed by atoms with Crippen molar-refractivity contribution in [3.63, 3.8) is 0 Å². The highest BCUT2D eigenvalue weighted by Gasteiger charge is 2.40. The van der Waals surface area contributed by atoms with Gasteiger partial charge in [0.15, 0.2) is 0 Å². The van der Waals surface area contributed by atoms with Gasteiger partial charge in [0.1, 0.15) is 0 Å². The van der Waals surface area contributed by atoms with Crippen LogP contribution in [-0.2, 0) is 14.3 Å². The highest BCUT2D eigenvalue weighted by Crippen LogP contribution is 2.32. The second kappa shape index (κ2) is 7.85. The molecule has 0 spiro atoms. The van der Waals surface area contributed by atoms with E-state index in [9.17, 15) is 9.59 Å². The summed E-state index contributed by atoms with van der Waals surface area (Å²) in [7, 11) is 0. The Balaban J connectivity index is 1.56. The van der Waals surface area contributed by atoms with Crippen molar-refractivity contribution in [3.8, 4) is 0 Å². The van der Waals surface area contributed by atoms with Crippen LogP contribution in [0.2, 0.25) is 0 Å². The maximum absolute atomic E-state index is 12.9. The van der Waals surface area contributed by atoms with Gasteiger partial charge in [-0.2, -0.15) is 0 Å². The Labute approximate surface area is 145 Å². The predicted octanol–water partition coefficient (Wildman–Crippen LogP) is 2.30. The Bertz CT molecular complexity index is 454. The van der Waals surface area contributed by atoms with E-state index in [1.807, 2.05) is 16.7 Å². The molecule has 0 radical (unpaired) electrons. The molecule has 0 bridgehead atoms. The van der Waals surface area contributed by atoms with Crippen LogP contribution in [-0.4, -0.2) is 60.5 Å². The van der Waals surface area contributed by atoms with Crippen LogP contribution in [0.25, 0.3) is 0 Å². The van der Waals surface area contributed by atoms with Gasteiger partial charge in [0.2, 0.25) is 11.8 Å². The number of hydrogen-bond acceptors (Lipinski definition) is 3. The number of ether oxygens (including phenoxy) is 1. The molecular formula is C19H32N2O3. The van der Waals surface area contributed by atoms with E-state index in [0.29, 0.717) is 24.9 Å². The smallest absolute Gasteiger partial charge is 0.227 e. The summed E-state index contributed by atoms with van der Waals surface area (Å²) in [5.74, 6) is 1.46. The Morgan fingerprint density at radius 1 is 1.25 bits per heavy atom. The molecule has 5 heteroatoms. The molecule has 24 heavy (non-hydrogen) atoms. The molecular weight excluding hydrogens is 304 g/mol. The Morgan fingerprint density at radius 3 is 2.62 bits per heavy atom. The molecule has 0 aromatic carbocycles. The van der Waals surface area contributed by atoms with E-state index in [2.05, 4.69) is 6.92 Å². The second-order valence-electron chi connectivity index (χ2n) is 7.97. The zero-order valence-corrected chi connectivity index (χ0v) is 15.2. The summed E-state index contributed by atoms with van der Waals surface area (Å²) in [5.41, 5.74) is 0. The molecule has 0 aromatic rings. The summed E-state index contributed by atoms with van der Waals surface area (Å²) in [6.45, 7) is 8.03. The maximum Gasteiger partial charge on any atom is 0.227 e. The number of hydrogen-bond donors (Lipinski definition) is 0. The number of likely N-dealkylation sites (tertiary alicyclic amines) is 1. The summed E-state index contributed by atoms with van der Waals surface area (Å²) in [4.78, 5) is 29.3. The van der Waals surface area contributed by atoms with E-state index in [0.717, 1.165) is 51.5 Å². The van der Waals surface area contributed by atoms with E-state index in [4.69, 9.17) is 4.74 Å².